The summed E-state index contributed by atoms with van der Waals surface area (Å²) >= 11 is 0. The SMILES string of the molecule is CNCc1ccc(C(C)C)n(C)c1=O. The number of hydrogen-bond donors (Lipinski definition) is 1. The molecule has 0 aliphatic carbocycles. The number of nitrogens with zero attached hydrogens (tertiary/aromatic N) is 1. The molecule has 0 aliphatic rings. The van der Waals surface area contributed by atoms with Gasteiger partial charge in [0.15, 0.2) is 0 Å². The van der Waals surface area contributed by atoms with Crippen molar-refractivity contribution in [3.8, 4) is 0 Å². The second-order valence-electron chi connectivity index (χ2n) is 3.83. The van der Waals surface area contributed by atoms with Crippen molar-refractivity contribution < 1.29 is 0 Å². The molecule has 0 amide bonds. The van der Waals surface area contributed by atoms with E-state index < -0.39 is 0 Å². The predicted octanol–water partition coefficient (Wildman–Crippen LogP) is 1.23. The van der Waals surface area contributed by atoms with Crippen LogP contribution in [0, 0.1) is 0 Å². The highest BCUT2D eigenvalue weighted by atomic mass is 16.1. The van der Waals surface area contributed by atoms with Gasteiger partial charge in [0.25, 0.3) is 5.56 Å². The quantitative estimate of drug-likeness (QED) is 0.785. The largest absolute Gasteiger partial charge is 0.315 e. The van der Waals surface area contributed by atoms with E-state index >= 15 is 0 Å². The van der Waals surface area contributed by atoms with Crippen LogP contribution < -0.4 is 10.9 Å². The maximum atomic E-state index is 11.8. The van der Waals surface area contributed by atoms with Crippen molar-refractivity contribution in [1.82, 2.24) is 9.88 Å². The van der Waals surface area contributed by atoms with Crippen LogP contribution in [0.3, 0.4) is 0 Å². The van der Waals surface area contributed by atoms with Gasteiger partial charge in [-0.3, -0.25) is 4.79 Å². The summed E-state index contributed by atoms with van der Waals surface area (Å²) in [5.74, 6) is 0.385. The third-order valence-electron chi connectivity index (χ3n) is 2.38. The molecular formula is C11H18N2O. The molecule has 1 aromatic heterocycles. The lowest BCUT2D eigenvalue weighted by Gasteiger charge is -2.12. The van der Waals surface area contributed by atoms with E-state index in [0.717, 1.165) is 11.3 Å². The molecule has 0 fully saturated rings. The van der Waals surface area contributed by atoms with E-state index in [4.69, 9.17) is 0 Å². The van der Waals surface area contributed by atoms with Gasteiger partial charge >= 0.3 is 0 Å². The fourth-order valence-electron chi connectivity index (χ4n) is 1.61. The number of hydrogen-bond acceptors (Lipinski definition) is 2. The second kappa shape index (κ2) is 4.42. The monoisotopic (exact) mass is 194 g/mol. The Bertz CT molecular complexity index is 366. The zero-order chi connectivity index (χ0) is 10.7. The molecule has 0 aromatic carbocycles. The fraction of sp³-hybridized carbons (Fsp3) is 0.545. The molecule has 1 aromatic rings. The third kappa shape index (κ3) is 2.04. The van der Waals surface area contributed by atoms with E-state index in [1.807, 2.05) is 26.2 Å². The Morgan fingerprint density at radius 3 is 2.57 bits per heavy atom. The molecule has 0 spiro atoms. The molecule has 78 valence electrons. The zero-order valence-corrected chi connectivity index (χ0v) is 9.29. The summed E-state index contributed by atoms with van der Waals surface area (Å²) in [6.07, 6.45) is 0. The van der Waals surface area contributed by atoms with Gasteiger partial charge in [-0.1, -0.05) is 19.9 Å². The minimum Gasteiger partial charge on any atom is -0.315 e. The van der Waals surface area contributed by atoms with Crippen LogP contribution in [0.25, 0.3) is 0 Å². The molecule has 0 radical (unpaired) electrons. The molecule has 0 aliphatic heterocycles. The first kappa shape index (κ1) is 11.0. The van der Waals surface area contributed by atoms with Crippen molar-refractivity contribution in [2.45, 2.75) is 26.3 Å². The first-order valence-corrected chi connectivity index (χ1v) is 4.91. The summed E-state index contributed by atoms with van der Waals surface area (Å²) < 4.78 is 1.73. The van der Waals surface area contributed by atoms with Crippen LogP contribution in [-0.4, -0.2) is 11.6 Å². The smallest absolute Gasteiger partial charge is 0.254 e. The molecule has 3 nitrogen and oxygen atoms in total. The van der Waals surface area contributed by atoms with Gasteiger partial charge in [0, 0.05) is 24.8 Å². The van der Waals surface area contributed by atoms with E-state index in [1.54, 1.807) is 4.57 Å². The van der Waals surface area contributed by atoms with Crippen LogP contribution in [0.15, 0.2) is 16.9 Å². The maximum absolute atomic E-state index is 11.8. The molecule has 0 unspecified atom stereocenters. The van der Waals surface area contributed by atoms with Crippen LogP contribution in [0.1, 0.15) is 31.0 Å². The Kier molecular flexibility index (Phi) is 3.47. The van der Waals surface area contributed by atoms with Crippen LogP contribution in [0.5, 0.6) is 0 Å². The molecule has 0 saturated heterocycles. The van der Waals surface area contributed by atoms with Crippen molar-refractivity contribution in [2.24, 2.45) is 7.05 Å². The number of aromatic nitrogens is 1. The van der Waals surface area contributed by atoms with Gasteiger partial charge in [0.1, 0.15) is 0 Å². The van der Waals surface area contributed by atoms with Crippen LogP contribution >= 0.6 is 0 Å². The fourth-order valence-corrected chi connectivity index (χ4v) is 1.61. The number of pyridine rings is 1. The number of nitrogens with one attached hydrogen (secondary N) is 1. The first-order valence-electron chi connectivity index (χ1n) is 4.91. The van der Waals surface area contributed by atoms with Crippen LogP contribution in [0.2, 0.25) is 0 Å². The summed E-state index contributed by atoms with van der Waals surface area (Å²) in [5, 5.41) is 2.99. The Balaban J connectivity index is 3.20. The summed E-state index contributed by atoms with van der Waals surface area (Å²) in [7, 11) is 3.67. The standard InChI is InChI=1S/C11H18N2O/c1-8(2)10-6-5-9(7-12-3)11(14)13(10)4/h5-6,8,12H,7H2,1-4H3. The zero-order valence-electron chi connectivity index (χ0n) is 9.29. The molecule has 1 rings (SSSR count). The van der Waals surface area contributed by atoms with Gasteiger partial charge in [-0.15, -0.1) is 0 Å². The lowest BCUT2D eigenvalue weighted by molar-refractivity contribution is 0.687. The van der Waals surface area contributed by atoms with Gasteiger partial charge < -0.3 is 9.88 Å². The molecule has 0 atom stereocenters. The molecule has 3 heteroatoms. The average Bonchev–Trinajstić information content (AvgIpc) is 2.13. The molecule has 0 saturated carbocycles. The average molecular weight is 194 g/mol. The normalized spacial score (nSPS) is 10.9. The lowest BCUT2D eigenvalue weighted by Crippen LogP contribution is -2.26. The molecule has 1 heterocycles. The van der Waals surface area contributed by atoms with Gasteiger partial charge in [0.05, 0.1) is 0 Å². The Morgan fingerprint density at radius 2 is 2.07 bits per heavy atom. The van der Waals surface area contributed by atoms with Gasteiger partial charge in [-0.2, -0.15) is 0 Å². The highest BCUT2D eigenvalue weighted by Gasteiger charge is 2.07. The Morgan fingerprint density at radius 1 is 1.43 bits per heavy atom. The maximum Gasteiger partial charge on any atom is 0.254 e. The summed E-state index contributed by atoms with van der Waals surface area (Å²) in [6.45, 7) is 4.81. The number of rotatable bonds is 3. The molecule has 14 heavy (non-hydrogen) atoms. The lowest BCUT2D eigenvalue weighted by atomic mass is 10.1. The Hall–Kier alpha value is -1.09. The van der Waals surface area contributed by atoms with Crippen molar-refractivity contribution >= 4 is 0 Å². The Labute approximate surface area is 84.8 Å². The van der Waals surface area contributed by atoms with Crippen LogP contribution in [-0.2, 0) is 13.6 Å². The van der Waals surface area contributed by atoms with Gasteiger partial charge in [-0.25, -0.2) is 0 Å². The minimum atomic E-state index is 0.102. The first-order chi connectivity index (χ1) is 6.57. The van der Waals surface area contributed by atoms with Crippen molar-refractivity contribution in [3.63, 3.8) is 0 Å². The second-order valence-corrected chi connectivity index (χ2v) is 3.83. The van der Waals surface area contributed by atoms with E-state index in [1.165, 1.54) is 0 Å². The summed E-state index contributed by atoms with van der Waals surface area (Å²) in [4.78, 5) is 11.8. The minimum absolute atomic E-state index is 0.102. The van der Waals surface area contributed by atoms with E-state index in [9.17, 15) is 4.79 Å². The van der Waals surface area contributed by atoms with Crippen molar-refractivity contribution in [2.75, 3.05) is 7.05 Å². The molecule has 0 bridgehead atoms. The summed E-state index contributed by atoms with van der Waals surface area (Å²) in [6, 6.07) is 3.94. The topological polar surface area (TPSA) is 34.0 Å². The van der Waals surface area contributed by atoms with Crippen molar-refractivity contribution in [3.05, 3.63) is 33.7 Å². The van der Waals surface area contributed by atoms with Crippen molar-refractivity contribution in [1.29, 1.82) is 0 Å². The van der Waals surface area contributed by atoms with Gasteiger partial charge in [-0.05, 0) is 19.0 Å². The third-order valence-corrected chi connectivity index (χ3v) is 2.38. The highest BCUT2D eigenvalue weighted by molar-refractivity contribution is 5.18. The van der Waals surface area contributed by atoms with Crippen LogP contribution in [0.4, 0.5) is 0 Å². The van der Waals surface area contributed by atoms with Gasteiger partial charge in [0.2, 0.25) is 0 Å². The molecular weight excluding hydrogens is 176 g/mol. The van der Waals surface area contributed by atoms with E-state index in [2.05, 4.69) is 19.2 Å². The summed E-state index contributed by atoms with van der Waals surface area (Å²) in [5.41, 5.74) is 2.00. The molecule has 1 N–H and O–H groups in total. The predicted molar refractivity (Wildman–Crippen MR) is 58.5 cm³/mol. The van der Waals surface area contributed by atoms with E-state index in [0.29, 0.717) is 12.5 Å². The highest BCUT2D eigenvalue weighted by Crippen LogP contribution is 2.11. The van der Waals surface area contributed by atoms with E-state index in [-0.39, 0.29) is 5.56 Å².